The average molecular weight is 412 g/mol. The number of nitrogens with zero attached hydrogens (tertiary/aromatic N) is 2. The molecule has 0 saturated heterocycles. The van der Waals surface area contributed by atoms with Crippen molar-refractivity contribution in [2.75, 3.05) is 10.6 Å². The lowest BCUT2D eigenvalue weighted by molar-refractivity contribution is 0.102. The van der Waals surface area contributed by atoms with Gasteiger partial charge in [0, 0.05) is 15.7 Å². The number of benzene rings is 2. The molecule has 0 bridgehead atoms. The van der Waals surface area contributed by atoms with Gasteiger partial charge in [-0.25, -0.2) is 14.4 Å². The van der Waals surface area contributed by atoms with E-state index in [1.54, 1.807) is 24.3 Å². The van der Waals surface area contributed by atoms with Gasteiger partial charge in [0.15, 0.2) is 11.0 Å². The predicted octanol–water partition coefficient (Wildman–Crippen LogP) is 5.57. The topological polar surface area (TPSA) is 66.9 Å². The van der Waals surface area contributed by atoms with E-state index in [-0.39, 0.29) is 27.2 Å². The van der Waals surface area contributed by atoms with Crippen molar-refractivity contribution in [1.29, 1.82) is 0 Å². The Bertz CT molecular complexity index is 967. The maximum absolute atomic E-state index is 14.0. The number of carbonyl (C=O) groups is 1. The van der Waals surface area contributed by atoms with Crippen LogP contribution in [0.2, 0.25) is 15.2 Å². The van der Waals surface area contributed by atoms with Crippen LogP contribution >= 0.6 is 34.8 Å². The van der Waals surface area contributed by atoms with Crippen molar-refractivity contribution in [2.45, 2.75) is 0 Å². The largest absolute Gasteiger partial charge is 0.338 e. The summed E-state index contributed by atoms with van der Waals surface area (Å²) in [6, 6.07) is 10.6. The van der Waals surface area contributed by atoms with E-state index in [0.29, 0.717) is 10.7 Å². The molecule has 2 aromatic carbocycles. The van der Waals surface area contributed by atoms with E-state index in [0.717, 1.165) is 6.07 Å². The molecule has 0 aliphatic heterocycles. The molecule has 0 spiro atoms. The van der Waals surface area contributed by atoms with Crippen LogP contribution in [0.1, 0.15) is 10.4 Å². The van der Waals surface area contributed by atoms with Crippen LogP contribution < -0.4 is 10.6 Å². The van der Waals surface area contributed by atoms with Crippen LogP contribution in [0.15, 0.2) is 48.8 Å². The summed E-state index contributed by atoms with van der Waals surface area (Å²) in [5.41, 5.74) is 0.590. The van der Waals surface area contributed by atoms with Crippen molar-refractivity contribution in [2.24, 2.45) is 0 Å². The number of carbonyl (C=O) groups excluding carboxylic acids is 1. The molecule has 0 aliphatic rings. The van der Waals surface area contributed by atoms with E-state index < -0.39 is 11.7 Å². The standard InChI is InChI=1S/C17H10Cl3FN4O/c18-9-1-4-11(5-2-9)24-16-14(15(20)22-8-23-16)25-17(26)12-6-3-10(19)7-13(12)21/h1-8H,(H,25,26)(H,22,23,24). The number of amides is 1. The van der Waals surface area contributed by atoms with Crippen molar-refractivity contribution in [3.63, 3.8) is 0 Å². The first-order valence-corrected chi connectivity index (χ1v) is 8.37. The number of halogens is 4. The van der Waals surface area contributed by atoms with Gasteiger partial charge in [0.25, 0.3) is 5.91 Å². The van der Waals surface area contributed by atoms with Gasteiger partial charge in [-0.15, -0.1) is 0 Å². The zero-order valence-electron chi connectivity index (χ0n) is 12.9. The van der Waals surface area contributed by atoms with Crippen molar-refractivity contribution in [3.8, 4) is 0 Å². The van der Waals surface area contributed by atoms with E-state index in [1.165, 1.54) is 18.5 Å². The van der Waals surface area contributed by atoms with E-state index >= 15 is 0 Å². The van der Waals surface area contributed by atoms with Gasteiger partial charge in [0.2, 0.25) is 0 Å². The maximum atomic E-state index is 14.0. The van der Waals surface area contributed by atoms with Gasteiger partial charge in [-0.2, -0.15) is 0 Å². The molecule has 5 nitrogen and oxygen atoms in total. The second kappa shape index (κ2) is 7.86. The smallest absolute Gasteiger partial charge is 0.258 e. The van der Waals surface area contributed by atoms with Crippen molar-refractivity contribution >= 4 is 57.9 Å². The van der Waals surface area contributed by atoms with Gasteiger partial charge >= 0.3 is 0 Å². The Hall–Kier alpha value is -2.41. The lowest BCUT2D eigenvalue weighted by Gasteiger charge is -2.13. The highest BCUT2D eigenvalue weighted by molar-refractivity contribution is 6.33. The highest BCUT2D eigenvalue weighted by Crippen LogP contribution is 2.30. The third-order valence-electron chi connectivity index (χ3n) is 3.32. The molecule has 3 rings (SSSR count). The van der Waals surface area contributed by atoms with Crippen LogP contribution in [-0.2, 0) is 0 Å². The minimum Gasteiger partial charge on any atom is -0.338 e. The molecule has 2 N–H and O–H groups in total. The summed E-state index contributed by atoms with van der Waals surface area (Å²) in [4.78, 5) is 20.3. The summed E-state index contributed by atoms with van der Waals surface area (Å²) < 4.78 is 14.0. The fourth-order valence-electron chi connectivity index (χ4n) is 2.09. The van der Waals surface area contributed by atoms with Gasteiger partial charge in [-0.05, 0) is 42.5 Å². The lowest BCUT2D eigenvalue weighted by atomic mass is 10.2. The Balaban J connectivity index is 1.89. The Morgan fingerprint density at radius 3 is 2.35 bits per heavy atom. The molecule has 26 heavy (non-hydrogen) atoms. The van der Waals surface area contributed by atoms with Gasteiger partial charge in [0.05, 0.1) is 5.56 Å². The number of anilines is 3. The van der Waals surface area contributed by atoms with Crippen molar-refractivity contribution in [1.82, 2.24) is 9.97 Å². The number of nitrogens with one attached hydrogen (secondary N) is 2. The Kier molecular flexibility index (Phi) is 5.56. The Morgan fingerprint density at radius 1 is 0.962 bits per heavy atom. The SMILES string of the molecule is O=C(Nc1c(Cl)ncnc1Nc1ccc(Cl)cc1)c1ccc(Cl)cc1F. The van der Waals surface area contributed by atoms with E-state index in [2.05, 4.69) is 20.6 Å². The minimum absolute atomic E-state index is 0.000754. The third kappa shape index (κ3) is 4.22. The lowest BCUT2D eigenvalue weighted by Crippen LogP contribution is -2.16. The zero-order valence-corrected chi connectivity index (χ0v) is 15.2. The predicted molar refractivity (Wildman–Crippen MR) is 101 cm³/mol. The van der Waals surface area contributed by atoms with Crippen LogP contribution in [0.3, 0.4) is 0 Å². The molecule has 3 aromatic rings. The molecule has 132 valence electrons. The first-order chi connectivity index (χ1) is 12.4. The molecule has 1 heterocycles. The highest BCUT2D eigenvalue weighted by Gasteiger charge is 2.17. The third-order valence-corrected chi connectivity index (χ3v) is 4.10. The second-order valence-electron chi connectivity index (χ2n) is 5.10. The first kappa shape index (κ1) is 18.4. The molecule has 9 heteroatoms. The molecule has 1 amide bonds. The molecule has 0 radical (unpaired) electrons. The van der Waals surface area contributed by atoms with Crippen molar-refractivity contribution < 1.29 is 9.18 Å². The minimum atomic E-state index is -0.754. The molecule has 1 aromatic heterocycles. The van der Waals surface area contributed by atoms with E-state index in [1.807, 2.05) is 0 Å². The van der Waals surface area contributed by atoms with E-state index in [9.17, 15) is 9.18 Å². The Morgan fingerprint density at radius 2 is 1.65 bits per heavy atom. The quantitative estimate of drug-likeness (QED) is 0.551. The summed E-state index contributed by atoms with van der Waals surface area (Å²) in [5, 5.41) is 6.27. The number of hydrogen-bond acceptors (Lipinski definition) is 4. The maximum Gasteiger partial charge on any atom is 0.258 e. The van der Waals surface area contributed by atoms with Crippen LogP contribution in [-0.4, -0.2) is 15.9 Å². The highest BCUT2D eigenvalue weighted by atomic mass is 35.5. The van der Waals surface area contributed by atoms with Crippen LogP contribution in [0, 0.1) is 5.82 Å². The van der Waals surface area contributed by atoms with Gasteiger partial charge in [-0.3, -0.25) is 4.79 Å². The summed E-state index contributed by atoms with van der Waals surface area (Å²) in [5.74, 6) is -1.22. The molecule has 0 fully saturated rings. The van der Waals surface area contributed by atoms with Gasteiger partial charge < -0.3 is 10.6 Å². The summed E-state index contributed by atoms with van der Waals surface area (Å²) >= 11 is 17.6. The fraction of sp³-hybridized carbons (Fsp3) is 0. The van der Waals surface area contributed by atoms with Crippen LogP contribution in [0.5, 0.6) is 0 Å². The Labute approximate surface area is 163 Å². The molecular formula is C17H10Cl3FN4O. The van der Waals surface area contributed by atoms with Gasteiger partial charge in [0.1, 0.15) is 17.8 Å². The summed E-state index contributed by atoms with van der Waals surface area (Å²) in [6.45, 7) is 0. The number of rotatable bonds is 4. The molecule has 0 unspecified atom stereocenters. The molecular weight excluding hydrogens is 402 g/mol. The monoisotopic (exact) mass is 410 g/mol. The van der Waals surface area contributed by atoms with Crippen molar-refractivity contribution in [3.05, 3.63) is 75.4 Å². The molecule has 0 aliphatic carbocycles. The first-order valence-electron chi connectivity index (χ1n) is 7.23. The van der Waals surface area contributed by atoms with E-state index in [4.69, 9.17) is 34.8 Å². The van der Waals surface area contributed by atoms with Crippen LogP contribution in [0.4, 0.5) is 21.6 Å². The molecule has 0 atom stereocenters. The number of hydrogen-bond donors (Lipinski definition) is 2. The fourth-order valence-corrected chi connectivity index (χ4v) is 2.56. The normalized spacial score (nSPS) is 10.5. The average Bonchev–Trinajstić information content (AvgIpc) is 2.59. The summed E-state index contributed by atoms with van der Waals surface area (Å²) in [7, 11) is 0. The van der Waals surface area contributed by atoms with Crippen LogP contribution in [0.25, 0.3) is 0 Å². The van der Waals surface area contributed by atoms with Gasteiger partial charge in [-0.1, -0.05) is 34.8 Å². The molecule has 0 saturated carbocycles. The number of aromatic nitrogens is 2. The summed E-state index contributed by atoms with van der Waals surface area (Å²) in [6.07, 6.45) is 1.24. The zero-order chi connectivity index (χ0) is 18.7. The second-order valence-corrected chi connectivity index (χ2v) is 6.33.